The SMILES string of the molecule is O=C(Nc1ccc(Cl)c(C(=O)O)c1)c1ccc(N2CCCC2)c([N+](=O)[O-])c1. The molecule has 9 heteroatoms. The van der Waals surface area contributed by atoms with Crippen LogP contribution in [0.15, 0.2) is 36.4 Å². The van der Waals surface area contributed by atoms with E-state index in [1.807, 2.05) is 4.90 Å². The molecule has 1 heterocycles. The van der Waals surface area contributed by atoms with Crippen molar-refractivity contribution >= 4 is 40.5 Å². The topological polar surface area (TPSA) is 113 Å². The van der Waals surface area contributed by atoms with Crippen molar-refractivity contribution in [2.75, 3.05) is 23.3 Å². The lowest BCUT2D eigenvalue weighted by molar-refractivity contribution is -0.384. The number of hydrogen-bond acceptors (Lipinski definition) is 5. The van der Waals surface area contributed by atoms with Gasteiger partial charge in [0.05, 0.1) is 15.5 Å². The van der Waals surface area contributed by atoms with E-state index in [-0.39, 0.29) is 27.5 Å². The summed E-state index contributed by atoms with van der Waals surface area (Å²) in [7, 11) is 0. The number of nitrogens with one attached hydrogen (secondary N) is 1. The summed E-state index contributed by atoms with van der Waals surface area (Å²) in [5, 5.41) is 23.1. The number of anilines is 2. The number of benzene rings is 2. The summed E-state index contributed by atoms with van der Waals surface area (Å²) in [4.78, 5) is 36.5. The molecule has 0 unspecified atom stereocenters. The van der Waals surface area contributed by atoms with E-state index in [1.165, 1.54) is 30.3 Å². The highest BCUT2D eigenvalue weighted by Crippen LogP contribution is 2.32. The molecule has 2 aromatic carbocycles. The van der Waals surface area contributed by atoms with Crippen molar-refractivity contribution in [3.8, 4) is 0 Å². The van der Waals surface area contributed by atoms with Crippen LogP contribution >= 0.6 is 11.6 Å². The molecule has 1 saturated heterocycles. The zero-order valence-electron chi connectivity index (χ0n) is 14.1. The summed E-state index contributed by atoms with van der Waals surface area (Å²) >= 11 is 5.81. The molecule has 0 saturated carbocycles. The van der Waals surface area contributed by atoms with Crippen molar-refractivity contribution in [3.05, 3.63) is 62.7 Å². The van der Waals surface area contributed by atoms with Crippen LogP contribution in [0.5, 0.6) is 0 Å². The Bertz CT molecular complexity index is 925. The molecule has 2 N–H and O–H groups in total. The van der Waals surface area contributed by atoms with Crippen LogP contribution in [-0.2, 0) is 0 Å². The maximum Gasteiger partial charge on any atom is 0.337 e. The number of carbonyl (C=O) groups excluding carboxylic acids is 1. The largest absolute Gasteiger partial charge is 0.478 e. The summed E-state index contributed by atoms with van der Waals surface area (Å²) in [6.07, 6.45) is 1.95. The summed E-state index contributed by atoms with van der Waals surface area (Å²) in [6, 6.07) is 8.37. The maximum atomic E-state index is 12.5. The summed E-state index contributed by atoms with van der Waals surface area (Å²) in [5.41, 5.74) is 0.551. The third-order valence-corrected chi connectivity index (χ3v) is 4.67. The van der Waals surface area contributed by atoms with Gasteiger partial charge in [0.15, 0.2) is 0 Å². The standard InChI is InChI=1S/C18H16ClN3O5/c19-14-5-4-12(10-13(14)18(24)25)20-17(23)11-3-6-15(16(9-11)22(26)27)21-7-1-2-8-21/h3-6,9-10H,1-2,7-8H2,(H,20,23)(H,24,25). The number of nitro benzene ring substituents is 1. The van der Waals surface area contributed by atoms with Crippen LogP contribution in [0.1, 0.15) is 33.6 Å². The fourth-order valence-corrected chi connectivity index (χ4v) is 3.20. The van der Waals surface area contributed by atoms with Gasteiger partial charge in [-0.3, -0.25) is 14.9 Å². The number of amides is 1. The van der Waals surface area contributed by atoms with Gasteiger partial charge in [-0.15, -0.1) is 0 Å². The molecule has 27 heavy (non-hydrogen) atoms. The maximum absolute atomic E-state index is 12.5. The number of aromatic carboxylic acids is 1. The second kappa shape index (κ2) is 7.63. The Kier molecular flexibility index (Phi) is 5.27. The number of halogens is 1. The van der Waals surface area contributed by atoms with E-state index in [4.69, 9.17) is 16.7 Å². The molecule has 140 valence electrons. The minimum Gasteiger partial charge on any atom is -0.478 e. The van der Waals surface area contributed by atoms with Crippen LogP contribution in [0.3, 0.4) is 0 Å². The van der Waals surface area contributed by atoms with Gasteiger partial charge in [-0.05, 0) is 43.2 Å². The van der Waals surface area contributed by atoms with Crippen molar-refractivity contribution < 1.29 is 19.6 Å². The van der Waals surface area contributed by atoms with Gasteiger partial charge in [0.2, 0.25) is 0 Å². The highest BCUT2D eigenvalue weighted by molar-refractivity contribution is 6.33. The third-order valence-electron chi connectivity index (χ3n) is 4.34. The van der Waals surface area contributed by atoms with Crippen LogP contribution < -0.4 is 10.2 Å². The number of carbonyl (C=O) groups is 2. The predicted molar refractivity (Wildman–Crippen MR) is 101 cm³/mol. The lowest BCUT2D eigenvalue weighted by Crippen LogP contribution is -2.20. The molecular formula is C18H16ClN3O5. The normalized spacial score (nSPS) is 13.4. The van der Waals surface area contributed by atoms with E-state index in [2.05, 4.69) is 5.32 Å². The lowest BCUT2D eigenvalue weighted by Gasteiger charge is -2.17. The number of nitro groups is 1. The van der Waals surface area contributed by atoms with Crippen molar-refractivity contribution in [1.29, 1.82) is 0 Å². The smallest absolute Gasteiger partial charge is 0.337 e. The average molecular weight is 390 g/mol. The Morgan fingerprint density at radius 2 is 1.85 bits per heavy atom. The van der Waals surface area contributed by atoms with Crippen LogP contribution in [0.2, 0.25) is 5.02 Å². The minimum absolute atomic E-state index is 0.0473. The van der Waals surface area contributed by atoms with Gasteiger partial charge in [0, 0.05) is 30.4 Å². The molecule has 3 rings (SSSR count). The molecule has 0 spiro atoms. The van der Waals surface area contributed by atoms with Gasteiger partial charge >= 0.3 is 5.97 Å². The Morgan fingerprint density at radius 3 is 2.48 bits per heavy atom. The fraction of sp³-hybridized carbons (Fsp3) is 0.222. The van der Waals surface area contributed by atoms with Crippen molar-refractivity contribution in [2.24, 2.45) is 0 Å². The molecule has 0 atom stereocenters. The number of hydrogen-bond donors (Lipinski definition) is 2. The van der Waals surface area contributed by atoms with Crippen molar-refractivity contribution in [3.63, 3.8) is 0 Å². The third kappa shape index (κ3) is 4.01. The highest BCUT2D eigenvalue weighted by Gasteiger charge is 2.24. The monoisotopic (exact) mass is 389 g/mol. The fourth-order valence-electron chi connectivity index (χ4n) is 3.01. The molecule has 0 bridgehead atoms. The number of carboxylic acid groups (broad SMARTS) is 1. The Morgan fingerprint density at radius 1 is 1.15 bits per heavy atom. The van der Waals surface area contributed by atoms with Gasteiger partial charge in [0.1, 0.15) is 5.69 Å². The van der Waals surface area contributed by atoms with E-state index in [9.17, 15) is 19.7 Å². The Hall–Kier alpha value is -3.13. The molecular weight excluding hydrogens is 374 g/mol. The lowest BCUT2D eigenvalue weighted by atomic mass is 10.1. The van der Waals surface area contributed by atoms with E-state index >= 15 is 0 Å². The Labute approximate surface area is 159 Å². The van der Waals surface area contributed by atoms with Crippen molar-refractivity contribution in [2.45, 2.75) is 12.8 Å². The van der Waals surface area contributed by atoms with Gasteiger partial charge < -0.3 is 15.3 Å². The van der Waals surface area contributed by atoms with E-state index in [0.717, 1.165) is 25.9 Å². The summed E-state index contributed by atoms with van der Waals surface area (Å²) in [5.74, 6) is -1.80. The first-order chi connectivity index (χ1) is 12.9. The molecule has 0 aliphatic carbocycles. The van der Waals surface area contributed by atoms with Crippen LogP contribution in [0.4, 0.5) is 17.1 Å². The quantitative estimate of drug-likeness (QED) is 0.594. The van der Waals surface area contributed by atoms with E-state index in [0.29, 0.717) is 5.69 Å². The molecule has 0 aromatic heterocycles. The zero-order chi connectivity index (χ0) is 19.6. The predicted octanol–water partition coefficient (Wildman–Crippen LogP) is 3.80. The molecule has 2 aromatic rings. The molecule has 8 nitrogen and oxygen atoms in total. The van der Waals surface area contributed by atoms with Gasteiger partial charge in [-0.25, -0.2) is 4.79 Å². The zero-order valence-corrected chi connectivity index (χ0v) is 14.9. The molecule has 0 radical (unpaired) electrons. The van der Waals surface area contributed by atoms with Crippen LogP contribution in [0.25, 0.3) is 0 Å². The Balaban J connectivity index is 1.86. The molecule has 1 aliphatic heterocycles. The first kappa shape index (κ1) is 18.7. The van der Waals surface area contributed by atoms with Crippen LogP contribution in [-0.4, -0.2) is 35.0 Å². The molecule has 1 fully saturated rings. The highest BCUT2D eigenvalue weighted by atomic mass is 35.5. The van der Waals surface area contributed by atoms with E-state index < -0.39 is 16.8 Å². The molecule has 1 aliphatic rings. The van der Waals surface area contributed by atoms with Gasteiger partial charge in [-0.1, -0.05) is 11.6 Å². The van der Waals surface area contributed by atoms with Crippen LogP contribution in [0, 0.1) is 10.1 Å². The average Bonchev–Trinajstić information content (AvgIpc) is 3.17. The van der Waals surface area contributed by atoms with E-state index in [1.54, 1.807) is 6.07 Å². The first-order valence-electron chi connectivity index (χ1n) is 8.24. The summed E-state index contributed by atoms with van der Waals surface area (Å²) in [6.45, 7) is 1.49. The number of carboxylic acids is 1. The minimum atomic E-state index is -1.22. The number of nitrogens with zero attached hydrogens (tertiary/aromatic N) is 2. The van der Waals surface area contributed by atoms with Gasteiger partial charge in [-0.2, -0.15) is 0 Å². The number of rotatable bonds is 5. The second-order valence-electron chi connectivity index (χ2n) is 6.11. The summed E-state index contributed by atoms with van der Waals surface area (Å²) < 4.78 is 0. The molecule has 1 amide bonds. The van der Waals surface area contributed by atoms with Crippen molar-refractivity contribution in [1.82, 2.24) is 0 Å². The van der Waals surface area contributed by atoms with Gasteiger partial charge in [0.25, 0.3) is 11.6 Å². The first-order valence-corrected chi connectivity index (χ1v) is 8.62. The second-order valence-corrected chi connectivity index (χ2v) is 6.52.